The largest absolute Gasteiger partial charge is 0.383 e. The van der Waals surface area contributed by atoms with E-state index in [9.17, 15) is 0 Å². The van der Waals surface area contributed by atoms with Gasteiger partial charge in [0.2, 0.25) is 0 Å². The molecule has 0 amide bonds. The molecule has 1 aliphatic rings. The number of nitrogens with one attached hydrogen (secondary N) is 1. The molecule has 3 nitrogen and oxygen atoms in total. The second-order valence-corrected chi connectivity index (χ2v) is 7.32. The van der Waals surface area contributed by atoms with Gasteiger partial charge in [0.1, 0.15) is 0 Å². The maximum absolute atomic E-state index is 4.99. The summed E-state index contributed by atoms with van der Waals surface area (Å²) < 4.78 is 0. The average molecular weight is 323 g/mol. The third-order valence-electron chi connectivity index (χ3n) is 4.46. The van der Waals surface area contributed by atoms with E-state index in [2.05, 4.69) is 60.0 Å². The van der Waals surface area contributed by atoms with Gasteiger partial charge < -0.3 is 10.2 Å². The lowest BCUT2D eigenvalue weighted by Gasteiger charge is -2.22. The van der Waals surface area contributed by atoms with Crippen LogP contribution in [0.25, 0.3) is 22.2 Å². The zero-order valence-electron chi connectivity index (χ0n) is 13.6. The van der Waals surface area contributed by atoms with Crippen molar-refractivity contribution in [3.8, 4) is 11.3 Å². The normalized spacial score (nSPS) is 13.2. The Balaban J connectivity index is 1.86. The van der Waals surface area contributed by atoms with E-state index in [0.29, 0.717) is 0 Å². The summed E-state index contributed by atoms with van der Waals surface area (Å²) in [5, 5.41) is 7.12. The first-order valence-corrected chi connectivity index (χ1v) is 8.99. The van der Waals surface area contributed by atoms with Crippen LogP contribution in [0.5, 0.6) is 0 Å². The predicted molar refractivity (Wildman–Crippen MR) is 99.5 cm³/mol. The lowest BCUT2D eigenvalue weighted by Crippen LogP contribution is -2.22. The highest BCUT2D eigenvalue weighted by Crippen LogP contribution is 2.41. The Hall–Kier alpha value is -1.91. The number of nitrogens with zero attached hydrogens (tertiary/aromatic N) is 2. The van der Waals surface area contributed by atoms with E-state index in [1.807, 2.05) is 11.3 Å². The molecule has 0 aliphatic heterocycles. The quantitative estimate of drug-likeness (QED) is 0.785. The molecule has 0 saturated carbocycles. The van der Waals surface area contributed by atoms with Crippen LogP contribution in [0.1, 0.15) is 10.4 Å². The number of benzene rings is 1. The molecule has 2 heterocycles. The van der Waals surface area contributed by atoms with Crippen molar-refractivity contribution in [2.45, 2.75) is 12.8 Å². The highest BCUT2D eigenvalue weighted by Gasteiger charge is 2.23. The fourth-order valence-electron chi connectivity index (χ4n) is 3.31. The topological polar surface area (TPSA) is 28.2 Å². The van der Waals surface area contributed by atoms with Crippen molar-refractivity contribution in [3.05, 3.63) is 46.2 Å². The molecular formula is C19H21N3S. The fraction of sp³-hybridized carbons (Fsp3) is 0.316. The van der Waals surface area contributed by atoms with Gasteiger partial charge in [-0.2, -0.15) is 0 Å². The van der Waals surface area contributed by atoms with Crippen LogP contribution >= 0.6 is 11.3 Å². The molecule has 0 fully saturated rings. The average Bonchev–Trinajstić information content (AvgIpc) is 3.03. The lowest BCUT2D eigenvalue weighted by molar-refractivity contribution is 0.425. The van der Waals surface area contributed by atoms with E-state index in [4.69, 9.17) is 4.98 Å². The molecule has 1 N–H and O–H groups in total. The Kier molecular flexibility index (Phi) is 3.79. The summed E-state index contributed by atoms with van der Waals surface area (Å²) in [7, 11) is 4.22. The van der Waals surface area contributed by atoms with Crippen molar-refractivity contribution in [3.63, 3.8) is 0 Å². The van der Waals surface area contributed by atoms with E-state index in [0.717, 1.165) is 31.4 Å². The molecular weight excluding hydrogens is 302 g/mol. The molecule has 118 valence electrons. The molecule has 2 aromatic heterocycles. The molecule has 3 aromatic rings. The van der Waals surface area contributed by atoms with Crippen molar-refractivity contribution in [1.82, 2.24) is 9.88 Å². The number of likely N-dealkylation sites (N-methyl/N-ethyl adjacent to an activating group) is 1. The first-order chi connectivity index (χ1) is 11.2. The van der Waals surface area contributed by atoms with E-state index in [-0.39, 0.29) is 0 Å². The van der Waals surface area contributed by atoms with Gasteiger partial charge in [0, 0.05) is 40.2 Å². The van der Waals surface area contributed by atoms with E-state index >= 15 is 0 Å². The van der Waals surface area contributed by atoms with Crippen LogP contribution in [0.3, 0.4) is 0 Å². The highest BCUT2D eigenvalue weighted by molar-refractivity contribution is 7.10. The van der Waals surface area contributed by atoms with Crippen molar-refractivity contribution < 1.29 is 0 Å². The van der Waals surface area contributed by atoms with E-state index in [1.165, 1.54) is 32.8 Å². The highest BCUT2D eigenvalue weighted by atomic mass is 32.1. The number of thiophene rings is 1. The number of anilines is 1. The number of rotatable bonds is 4. The van der Waals surface area contributed by atoms with Crippen LogP contribution in [0.2, 0.25) is 0 Å². The molecule has 0 unspecified atom stereocenters. The third kappa shape index (κ3) is 2.62. The van der Waals surface area contributed by atoms with Gasteiger partial charge in [-0.05, 0) is 44.4 Å². The molecule has 0 bridgehead atoms. The van der Waals surface area contributed by atoms with Crippen LogP contribution in [0.4, 0.5) is 5.69 Å². The maximum atomic E-state index is 4.99. The van der Waals surface area contributed by atoms with Crippen molar-refractivity contribution in [2.75, 3.05) is 32.5 Å². The molecule has 4 heteroatoms. The first kappa shape index (κ1) is 14.7. The summed E-state index contributed by atoms with van der Waals surface area (Å²) in [6, 6.07) is 10.7. The minimum Gasteiger partial charge on any atom is -0.383 e. The van der Waals surface area contributed by atoms with Crippen LogP contribution in [0.15, 0.2) is 35.7 Å². The summed E-state index contributed by atoms with van der Waals surface area (Å²) in [6.45, 7) is 1.97. The van der Waals surface area contributed by atoms with Gasteiger partial charge in [-0.15, -0.1) is 11.3 Å². The van der Waals surface area contributed by atoms with Gasteiger partial charge in [-0.1, -0.05) is 18.2 Å². The molecule has 23 heavy (non-hydrogen) atoms. The molecule has 0 spiro atoms. The minimum atomic E-state index is 0.948. The van der Waals surface area contributed by atoms with Crippen LogP contribution < -0.4 is 5.32 Å². The third-order valence-corrected chi connectivity index (χ3v) is 5.44. The van der Waals surface area contributed by atoms with Crippen LogP contribution in [-0.2, 0) is 12.8 Å². The summed E-state index contributed by atoms with van der Waals surface area (Å²) in [4.78, 5) is 8.67. The SMILES string of the molecule is CN(C)CCNc1c2c(nc3ccccc13)-c1ccsc1CC2. The molecule has 4 rings (SSSR count). The van der Waals surface area contributed by atoms with Gasteiger partial charge in [-0.3, -0.25) is 0 Å². The van der Waals surface area contributed by atoms with Gasteiger partial charge in [0.25, 0.3) is 0 Å². The second-order valence-electron chi connectivity index (χ2n) is 6.32. The number of para-hydroxylation sites is 1. The number of aromatic nitrogens is 1. The zero-order valence-corrected chi connectivity index (χ0v) is 14.4. The Morgan fingerprint density at radius 1 is 1.17 bits per heavy atom. The Labute approximate surface area is 141 Å². The number of fused-ring (bicyclic) bond motifs is 4. The van der Waals surface area contributed by atoms with Gasteiger partial charge in [-0.25, -0.2) is 4.98 Å². The molecule has 0 saturated heterocycles. The zero-order chi connectivity index (χ0) is 15.8. The summed E-state index contributed by atoms with van der Waals surface area (Å²) >= 11 is 1.85. The minimum absolute atomic E-state index is 0.948. The second kappa shape index (κ2) is 5.95. The standard InChI is InChI=1S/C19H21N3S/c1-22(2)11-10-20-18-13-5-3-4-6-16(13)21-19-14-9-12-23-17(14)8-7-15(18)19/h3-6,9,12H,7-8,10-11H2,1-2H3,(H,20,21). The monoisotopic (exact) mass is 323 g/mol. The Morgan fingerprint density at radius 3 is 2.91 bits per heavy atom. The first-order valence-electron chi connectivity index (χ1n) is 8.11. The molecule has 0 atom stereocenters. The van der Waals surface area contributed by atoms with Gasteiger partial charge >= 0.3 is 0 Å². The van der Waals surface area contributed by atoms with Gasteiger partial charge in [0.15, 0.2) is 0 Å². The summed E-state index contributed by atoms with van der Waals surface area (Å²) in [5.74, 6) is 0. The lowest BCUT2D eigenvalue weighted by atomic mass is 9.92. The van der Waals surface area contributed by atoms with Crippen molar-refractivity contribution >= 4 is 27.9 Å². The number of hydrogen-bond acceptors (Lipinski definition) is 4. The number of hydrogen-bond donors (Lipinski definition) is 1. The fourth-order valence-corrected chi connectivity index (χ4v) is 4.19. The Morgan fingerprint density at radius 2 is 2.04 bits per heavy atom. The van der Waals surface area contributed by atoms with Gasteiger partial charge in [0.05, 0.1) is 11.2 Å². The van der Waals surface area contributed by atoms with E-state index in [1.54, 1.807) is 0 Å². The smallest absolute Gasteiger partial charge is 0.0773 e. The Bertz CT molecular complexity index is 851. The summed E-state index contributed by atoms with van der Waals surface area (Å²) in [6.07, 6.45) is 2.20. The molecule has 0 radical (unpaired) electrons. The van der Waals surface area contributed by atoms with Crippen LogP contribution in [-0.4, -0.2) is 37.1 Å². The molecule has 1 aliphatic carbocycles. The maximum Gasteiger partial charge on any atom is 0.0773 e. The van der Waals surface area contributed by atoms with Crippen molar-refractivity contribution in [1.29, 1.82) is 0 Å². The molecule has 1 aromatic carbocycles. The number of pyridine rings is 1. The summed E-state index contributed by atoms with van der Waals surface area (Å²) in [5.41, 5.74) is 6.26. The number of aryl methyl sites for hydroxylation is 1. The van der Waals surface area contributed by atoms with Crippen molar-refractivity contribution in [2.24, 2.45) is 0 Å². The van der Waals surface area contributed by atoms with Crippen LogP contribution in [0, 0.1) is 0 Å². The van der Waals surface area contributed by atoms with E-state index < -0.39 is 0 Å². The predicted octanol–water partition coefficient (Wildman–Crippen LogP) is 4.04.